The van der Waals surface area contributed by atoms with Crippen molar-refractivity contribution in [3.8, 4) is 0 Å². The molecule has 0 radical (unpaired) electrons. The predicted octanol–water partition coefficient (Wildman–Crippen LogP) is 1.32. The zero-order chi connectivity index (χ0) is 13.8. The van der Waals surface area contributed by atoms with Crippen molar-refractivity contribution in [3.63, 3.8) is 0 Å². The second kappa shape index (κ2) is 6.71. The minimum atomic E-state index is 0.259. The van der Waals surface area contributed by atoms with Gasteiger partial charge in [-0.1, -0.05) is 0 Å². The Kier molecular flexibility index (Phi) is 5.22. The van der Waals surface area contributed by atoms with Gasteiger partial charge < -0.3 is 10.2 Å². The average Bonchev–Trinajstić information content (AvgIpc) is 2.91. The second-order valence-corrected chi connectivity index (χ2v) is 6.44. The molecule has 2 unspecified atom stereocenters. The highest BCUT2D eigenvalue weighted by atomic mass is 16.2. The molecule has 0 aromatic carbocycles. The highest BCUT2D eigenvalue weighted by Gasteiger charge is 2.30. The number of carbonyl (C=O) groups is 1. The molecule has 2 rings (SSSR count). The van der Waals surface area contributed by atoms with Crippen LogP contribution >= 0.6 is 0 Å². The van der Waals surface area contributed by atoms with Gasteiger partial charge >= 0.3 is 0 Å². The summed E-state index contributed by atoms with van der Waals surface area (Å²) >= 11 is 0. The first-order valence-electron chi connectivity index (χ1n) is 7.79. The topological polar surface area (TPSA) is 35.6 Å². The molecular weight excluding hydrogens is 238 g/mol. The molecule has 4 heteroatoms. The number of carbonyl (C=O) groups excluding carboxylic acids is 1. The van der Waals surface area contributed by atoms with Crippen LogP contribution in [0.4, 0.5) is 0 Å². The Bertz CT molecular complexity index is 300. The Hall–Kier alpha value is -0.610. The summed E-state index contributed by atoms with van der Waals surface area (Å²) in [6.45, 7) is 8.09. The van der Waals surface area contributed by atoms with E-state index in [1.165, 1.54) is 32.2 Å². The van der Waals surface area contributed by atoms with Gasteiger partial charge in [-0.2, -0.15) is 0 Å². The molecule has 0 bridgehead atoms. The molecule has 2 aliphatic rings. The third-order valence-corrected chi connectivity index (χ3v) is 4.74. The molecule has 0 saturated carbocycles. The van der Waals surface area contributed by atoms with Gasteiger partial charge in [0.1, 0.15) is 0 Å². The van der Waals surface area contributed by atoms with Crippen LogP contribution in [0.3, 0.4) is 0 Å². The lowest BCUT2D eigenvalue weighted by Crippen LogP contribution is -2.48. The van der Waals surface area contributed by atoms with Gasteiger partial charge in [-0.15, -0.1) is 0 Å². The van der Waals surface area contributed by atoms with Crippen LogP contribution in [0.2, 0.25) is 0 Å². The lowest BCUT2D eigenvalue weighted by atomic mass is 9.90. The van der Waals surface area contributed by atoms with E-state index in [-0.39, 0.29) is 5.91 Å². The van der Waals surface area contributed by atoms with Crippen molar-refractivity contribution < 1.29 is 4.79 Å². The van der Waals surface area contributed by atoms with Crippen molar-refractivity contribution in [1.29, 1.82) is 0 Å². The second-order valence-electron chi connectivity index (χ2n) is 6.44. The summed E-state index contributed by atoms with van der Waals surface area (Å²) in [7, 11) is 1.91. The van der Waals surface area contributed by atoms with E-state index in [4.69, 9.17) is 0 Å². The Morgan fingerprint density at radius 1 is 1.37 bits per heavy atom. The zero-order valence-electron chi connectivity index (χ0n) is 12.7. The van der Waals surface area contributed by atoms with E-state index >= 15 is 0 Å². The normalized spacial score (nSPS) is 28.8. The van der Waals surface area contributed by atoms with Crippen molar-refractivity contribution in [2.75, 3.05) is 33.2 Å². The first-order chi connectivity index (χ1) is 9.08. The fourth-order valence-electron chi connectivity index (χ4n) is 3.27. The Morgan fingerprint density at radius 2 is 2.16 bits per heavy atom. The molecule has 2 aliphatic heterocycles. The van der Waals surface area contributed by atoms with E-state index < -0.39 is 0 Å². The minimum Gasteiger partial charge on any atom is -0.342 e. The summed E-state index contributed by atoms with van der Waals surface area (Å²) in [6, 6.07) is 0.991. The Morgan fingerprint density at radius 3 is 2.79 bits per heavy atom. The smallest absolute Gasteiger partial charge is 0.236 e. The van der Waals surface area contributed by atoms with E-state index in [0.29, 0.717) is 18.6 Å². The van der Waals surface area contributed by atoms with Gasteiger partial charge in [0, 0.05) is 25.7 Å². The quantitative estimate of drug-likeness (QED) is 0.834. The van der Waals surface area contributed by atoms with Gasteiger partial charge in [-0.05, 0) is 58.5 Å². The molecule has 2 fully saturated rings. The van der Waals surface area contributed by atoms with Crippen molar-refractivity contribution in [2.45, 2.75) is 51.6 Å². The number of piperidine rings is 1. The van der Waals surface area contributed by atoms with Crippen molar-refractivity contribution in [2.24, 2.45) is 5.92 Å². The third-order valence-electron chi connectivity index (χ3n) is 4.74. The molecular formula is C15H29N3O. The van der Waals surface area contributed by atoms with Crippen molar-refractivity contribution in [1.82, 2.24) is 15.1 Å². The van der Waals surface area contributed by atoms with Gasteiger partial charge in [0.15, 0.2) is 0 Å². The Labute approximate surface area is 117 Å². The van der Waals surface area contributed by atoms with E-state index in [2.05, 4.69) is 24.1 Å². The lowest BCUT2D eigenvalue weighted by Gasteiger charge is -2.36. The molecule has 4 nitrogen and oxygen atoms in total. The molecule has 2 heterocycles. The molecule has 2 saturated heterocycles. The predicted molar refractivity (Wildman–Crippen MR) is 78.1 cm³/mol. The van der Waals surface area contributed by atoms with Crippen LogP contribution in [0.5, 0.6) is 0 Å². The van der Waals surface area contributed by atoms with Crippen LogP contribution in [-0.2, 0) is 4.79 Å². The third kappa shape index (κ3) is 3.93. The molecule has 0 aromatic rings. The largest absolute Gasteiger partial charge is 0.342 e. The number of nitrogens with zero attached hydrogens (tertiary/aromatic N) is 2. The van der Waals surface area contributed by atoms with Gasteiger partial charge in [0.25, 0.3) is 0 Å². The highest BCUT2D eigenvalue weighted by Crippen LogP contribution is 2.24. The maximum absolute atomic E-state index is 12.1. The lowest BCUT2D eigenvalue weighted by molar-refractivity contribution is -0.133. The first kappa shape index (κ1) is 14.8. The molecule has 0 spiro atoms. The summed E-state index contributed by atoms with van der Waals surface area (Å²) in [5.41, 5.74) is 0. The van der Waals surface area contributed by atoms with Gasteiger partial charge in [-0.25, -0.2) is 0 Å². The standard InChI is InChI=1S/C15H29N3O/c1-12(2)17(3)15(19)11-18-9-5-6-13(10-18)14-7-4-8-16-14/h12-14,16H,4-11H2,1-3H3. The molecule has 0 aromatic heterocycles. The first-order valence-corrected chi connectivity index (χ1v) is 7.79. The van der Waals surface area contributed by atoms with Crippen LogP contribution < -0.4 is 5.32 Å². The summed E-state index contributed by atoms with van der Waals surface area (Å²) in [5.74, 6) is 1.00. The highest BCUT2D eigenvalue weighted by molar-refractivity contribution is 5.78. The van der Waals surface area contributed by atoms with Crippen LogP contribution in [-0.4, -0.2) is 61.0 Å². The van der Waals surface area contributed by atoms with Crippen LogP contribution in [0.25, 0.3) is 0 Å². The minimum absolute atomic E-state index is 0.259. The van der Waals surface area contributed by atoms with Crippen LogP contribution in [0.15, 0.2) is 0 Å². The average molecular weight is 267 g/mol. The maximum atomic E-state index is 12.1. The molecule has 110 valence electrons. The fourth-order valence-corrected chi connectivity index (χ4v) is 3.27. The number of hydrogen-bond acceptors (Lipinski definition) is 3. The number of amides is 1. The van der Waals surface area contributed by atoms with Gasteiger partial charge in [0.2, 0.25) is 5.91 Å². The van der Waals surface area contributed by atoms with Crippen molar-refractivity contribution in [3.05, 3.63) is 0 Å². The van der Waals surface area contributed by atoms with E-state index in [0.717, 1.165) is 19.0 Å². The summed E-state index contributed by atoms with van der Waals surface area (Å²) in [4.78, 5) is 16.4. The summed E-state index contributed by atoms with van der Waals surface area (Å²) in [6.07, 6.45) is 5.19. The summed E-state index contributed by atoms with van der Waals surface area (Å²) < 4.78 is 0. The van der Waals surface area contributed by atoms with Gasteiger partial charge in [-0.3, -0.25) is 9.69 Å². The van der Waals surface area contributed by atoms with E-state index in [1.807, 2.05) is 11.9 Å². The number of nitrogens with one attached hydrogen (secondary N) is 1. The molecule has 1 amide bonds. The van der Waals surface area contributed by atoms with Gasteiger partial charge in [0.05, 0.1) is 6.54 Å². The molecule has 1 N–H and O–H groups in total. The van der Waals surface area contributed by atoms with Crippen LogP contribution in [0, 0.1) is 5.92 Å². The van der Waals surface area contributed by atoms with Crippen LogP contribution in [0.1, 0.15) is 39.5 Å². The number of likely N-dealkylation sites (tertiary alicyclic amines) is 1. The maximum Gasteiger partial charge on any atom is 0.236 e. The number of likely N-dealkylation sites (N-methyl/N-ethyl adjacent to an activating group) is 1. The van der Waals surface area contributed by atoms with E-state index in [9.17, 15) is 4.79 Å². The zero-order valence-corrected chi connectivity index (χ0v) is 12.7. The number of hydrogen-bond donors (Lipinski definition) is 1. The SMILES string of the molecule is CC(C)N(C)C(=O)CN1CCCC(C2CCCN2)C1. The summed E-state index contributed by atoms with van der Waals surface area (Å²) in [5, 5.41) is 3.62. The molecule has 0 aliphatic carbocycles. The Balaban J connectivity index is 1.82. The van der Waals surface area contributed by atoms with E-state index in [1.54, 1.807) is 0 Å². The molecule has 19 heavy (non-hydrogen) atoms. The molecule has 2 atom stereocenters. The van der Waals surface area contributed by atoms with Crippen molar-refractivity contribution >= 4 is 5.91 Å². The number of rotatable bonds is 4. The fraction of sp³-hybridized carbons (Fsp3) is 0.933. The monoisotopic (exact) mass is 267 g/mol.